The molecule has 1 aromatic heterocycles. The van der Waals surface area contributed by atoms with E-state index in [0.29, 0.717) is 45.0 Å². The van der Waals surface area contributed by atoms with Crippen LogP contribution < -0.4 is 0 Å². The molecule has 0 saturated carbocycles. The number of amides is 2. The number of aromatic nitrogens is 2. The molecule has 2 aliphatic heterocycles. The Morgan fingerprint density at radius 1 is 1.33 bits per heavy atom. The van der Waals surface area contributed by atoms with Gasteiger partial charge in [-0.1, -0.05) is 13.8 Å². The maximum Gasteiger partial charge on any atom is 0.248 e. The van der Waals surface area contributed by atoms with E-state index in [2.05, 4.69) is 5.10 Å². The van der Waals surface area contributed by atoms with E-state index >= 15 is 0 Å². The molecule has 2 aliphatic rings. The maximum atomic E-state index is 12.5. The lowest BCUT2D eigenvalue weighted by Gasteiger charge is -2.35. The summed E-state index contributed by atoms with van der Waals surface area (Å²) in [5.74, 6) is 0.439. The third kappa shape index (κ3) is 3.77. The number of hydroxylamine groups is 2. The summed E-state index contributed by atoms with van der Waals surface area (Å²) >= 11 is 0. The normalized spacial score (nSPS) is 21.0. The zero-order chi connectivity index (χ0) is 17.1. The summed E-state index contributed by atoms with van der Waals surface area (Å²) in [6.07, 6.45) is 4.54. The molecule has 0 unspecified atom stereocenters. The number of hydrogen-bond acceptors (Lipinski definition) is 4. The van der Waals surface area contributed by atoms with Crippen LogP contribution in [0.5, 0.6) is 0 Å². The van der Waals surface area contributed by atoms with Gasteiger partial charge < -0.3 is 4.90 Å². The lowest BCUT2D eigenvalue weighted by atomic mass is 10.1. The van der Waals surface area contributed by atoms with Crippen molar-refractivity contribution < 1.29 is 14.4 Å². The molecular weight excluding hydrogens is 308 g/mol. The molecule has 3 heterocycles. The van der Waals surface area contributed by atoms with E-state index in [1.807, 2.05) is 29.5 Å². The van der Waals surface area contributed by atoms with Crippen molar-refractivity contribution in [2.24, 2.45) is 5.92 Å². The van der Waals surface area contributed by atoms with Gasteiger partial charge in [-0.3, -0.25) is 19.1 Å². The van der Waals surface area contributed by atoms with E-state index in [9.17, 15) is 9.59 Å². The minimum absolute atomic E-state index is 0.0284. The minimum atomic E-state index is -0.127. The molecule has 1 fully saturated rings. The molecule has 1 atom stereocenters. The Hall–Kier alpha value is -1.89. The first kappa shape index (κ1) is 17.0. The molecule has 7 nitrogen and oxygen atoms in total. The Balaban J connectivity index is 1.69. The highest BCUT2D eigenvalue weighted by atomic mass is 16.7. The molecule has 3 rings (SSSR count). The van der Waals surface area contributed by atoms with Crippen molar-refractivity contribution in [3.63, 3.8) is 0 Å². The summed E-state index contributed by atoms with van der Waals surface area (Å²) in [5.41, 5.74) is 0.982. The monoisotopic (exact) mass is 334 g/mol. The smallest absolute Gasteiger partial charge is 0.248 e. The SMILES string of the molecule is CC(C)CC(=O)N1Cc2ccnn2[C@@H](CC(=O)N2CCCCO2)C1. The maximum absolute atomic E-state index is 12.5. The fourth-order valence-corrected chi connectivity index (χ4v) is 3.30. The molecule has 7 heteroatoms. The first-order valence-electron chi connectivity index (χ1n) is 8.78. The van der Waals surface area contributed by atoms with Crippen LogP contribution in [0.3, 0.4) is 0 Å². The second-order valence-corrected chi connectivity index (χ2v) is 7.03. The van der Waals surface area contributed by atoms with Crippen molar-refractivity contribution in [2.75, 3.05) is 19.7 Å². The van der Waals surface area contributed by atoms with Crippen molar-refractivity contribution in [1.82, 2.24) is 19.7 Å². The van der Waals surface area contributed by atoms with Gasteiger partial charge in [0.15, 0.2) is 0 Å². The Bertz CT molecular complexity index is 592. The minimum Gasteiger partial charge on any atom is -0.335 e. The molecule has 0 aliphatic carbocycles. The highest BCUT2D eigenvalue weighted by molar-refractivity contribution is 5.77. The fraction of sp³-hybridized carbons (Fsp3) is 0.706. The van der Waals surface area contributed by atoms with Gasteiger partial charge in [0.05, 0.1) is 31.3 Å². The summed E-state index contributed by atoms with van der Waals surface area (Å²) in [4.78, 5) is 32.3. The van der Waals surface area contributed by atoms with Gasteiger partial charge in [0.2, 0.25) is 11.8 Å². The number of carbonyl (C=O) groups excluding carboxylic acids is 2. The van der Waals surface area contributed by atoms with Gasteiger partial charge in [-0.2, -0.15) is 5.10 Å². The molecule has 1 aromatic rings. The number of nitrogens with zero attached hydrogens (tertiary/aromatic N) is 4. The molecule has 0 spiro atoms. The molecular formula is C17H26N4O3. The van der Waals surface area contributed by atoms with Gasteiger partial charge in [-0.25, -0.2) is 5.06 Å². The predicted octanol–water partition coefficient (Wildman–Crippen LogP) is 1.76. The summed E-state index contributed by atoms with van der Waals surface area (Å²) in [6, 6.07) is 1.79. The largest absolute Gasteiger partial charge is 0.335 e. The second-order valence-electron chi connectivity index (χ2n) is 7.03. The molecule has 132 valence electrons. The summed E-state index contributed by atoms with van der Waals surface area (Å²) in [5, 5.41) is 5.83. The molecule has 0 bridgehead atoms. The van der Waals surface area contributed by atoms with Crippen LogP contribution in [0.2, 0.25) is 0 Å². The third-order valence-electron chi connectivity index (χ3n) is 4.51. The van der Waals surface area contributed by atoms with E-state index in [-0.39, 0.29) is 17.9 Å². The first-order valence-corrected chi connectivity index (χ1v) is 8.78. The third-order valence-corrected chi connectivity index (χ3v) is 4.51. The Kier molecular flexibility index (Phi) is 5.18. The summed E-state index contributed by atoms with van der Waals surface area (Å²) in [6.45, 7) is 6.42. The molecule has 0 aromatic carbocycles. The summed E-state index contributed by atoms with van der Waals surface area (Å²) in [7, 11) is 0. The highest BCUT2D eigenvalue weighted by Crippen LogP contribution is 2.25. The first-order chi connectivity index (χ1) is 11.5. The predicted molar refractivity (Wildman–Crippen MR) is 87.7 cm³/mol. The molecule has 2 amide bonds. The molecule has 1 saturated heterocycles. The van der Waals surface area contributed by atoms with Crippen molar-refractivity contribution >= 4 is 11.8 Å². The van der Waals surface area contributed by atoms with E-state index in [1.165, 1.54) is 5.06 Å². The standard InChI is InChI=1S/C17H26N4O3/c1-13(2)9-16(22)19-11-14-5-6-18-21(14)15(12-19)10-17(23)20-7-3-4-8-24-20/h5-6,13,15H,3-4,7-12H2,1-2H3/t15-/m0/s1. The molecule has 24 heavy (non-hydrogen) atoms. The zero-order valence-electron chi connectivity index (χ0n) is 14.5. The number of carbonyl (C=O) groups is 2. The van der Waals surface area contributed by atoms with Crippen LogP contribution in [-0.4, -0.2) is 51.3 Å². The van der Waals surface area contributed by atoms with E-state index in [0.717, 1.165) is 18.5 Å². The number of fused-ring (bicyclic) bond motifs is 1. The fourth-order valence-electron chi connectivity index (χ4n) is 3.30. The van der Waals surface area contributed by atoms with Crippen LogP contribution in [0, 0.1) is 5.92 Å². The van der Waals surface area contributed by atoms with Crippen LogP contribution in [0.1, 0.15) is 51.3 Å². The Labute approximate surface area is 142 Å². The van der Waals surface area contributed by atoms with Crippen LogP contribution in [0.4, 0.5) is 0 Å². The van der Waals surface area contributed by atoms with Crippen molar-refractivity contribution in [3.8, 4) is 0 Å². The van der Waals surface area contributed by atoms with E-state index < -0.39 is 0 Å². The van der Waals surface area contributed by atoms with Crippen molar-refractivity contribution in [3.05, 3.63) is 18.0 Å². The lowest BCUT2D eigenvalue weighted by Crippen LogP contribution is -2.44. The van der Waals surface area contributed by atoms with Crippen LogP contribution in [-0.2, 0) is 21.0 Å². The van der Waals surface area contributed by atoms with Crippen LogP contribution in [0.15, 0.2) is 12.3 Å². The van der Waals surface area contributed by atoms with Crippen molar-refractivity contribution in [1.29, 1.82) is 0 Å². The number of rotatable bonds is 4. The second kappa shape index (κ2) is 7.34. The Morgan fingerprint density at radius 3 is 2.88 bits per heavy atom. The van der Waals surface area contributed by atoms with Crippen molar-refractivity contribution in [2.45, 2.75) is 52.1 Å². The molecule has 0 N–H and O–H groups in total. The van der Waals surface area contributed by atoms with Gasteiger partial charge in [0.1, 0.15) is 0 Å². The van der Waals surface area contributed by atoms with E-state index in [4.69, 9.17) is 4.84 Å². The zero-order valence-corrected chi connectivity index (χ0v) is 14.5. The van der Waals surface area contributed by atoms with Gasteiger partial charge in [-0.05, 0) is 24.8 Å². The van der Waals surface area contributed by atoms with Crippen LogP contribution in [0.25, 0.3) is 0 Å². The molecule has 0 radical (unpaired) electrons. The average Bonchev–Trinajstić information content (AvgIpc) is 3.03. The highest BCUT2D eigenvalue weighted by Gasteiger charge is 2.31. The average molecular weight is 334 g/mol. The van der Waals surface area contributed by atoms with Crippen LogP contribution >= 0.6 is 0 Å². The quantitative estimate of drug-likeness (QED) is 0.841. The lowest BCUT2D eigenvalue weighted by molar-refractivity contribution is -0.198. The van der Waals surface area contributed by atoms with Gasteiger partial charge in [0, 0.05) is 25.7 Å². The van der Waals surface area contributed by atoms with Gasteiger partial charge in [0.25, 0.3) is 0 Å². The van der Waals surface area contributed by atoms with Gasteiger partial charge >= 0.3 is 0 Å². The number of hydrogen-bond donors (Lipinski definition) is 0. The topological polar surface area (TPSA) is 67.7 Å². The van der Waals surface area contributed by atoms with Gasteiger partial charge in [-0.15, -0.1) is 0 Å². The van der Waals surface area contributed by atoms with E-state index in [1.54, 1.807) is 6.20 Å². The summed E-state index contributed by atoms with van der Waals surface area (Å²) < 4.78 is 1.89. The Morgan fingerprint density at radius 2 is 2.17 bits per heavy atom.